The average molecular weight is 266 g/mol. The molecule has 0 saturated carbocycles. The standard InChI is InChI=1S/C15H23FN2O/c1-11(2)14-9-15(10-17,7-8-19-14)18-13-6-4-3-5-12(13)16/h3-6,11,14,18H,7-10,17H2,1-2H3. The van der Waals surface area contributed by atoms with Crippen LogP contribution in [0.15, 0.2) is 24.3 Å². The maximum Gasteiger partial charge on any atom is 0.146 e. The molecule has 0 amide bonds. The fourth-order valence-corrected chi connectivity index (χ4v) is 2.58. The second kappa shape index (κ2) is 5.88. The van der Waals surface area contributed by atoms with E-state index in [9.17, 15) is 4.39 Å². The number of rotatable bonds is 4. The van der Waals surface area contributed by atoms with Crippen LogP contribution in [0.25, 0.3) is 0 Å². The number of hydrogen-bond donors (Lipinski definition) is 2. The molecule has 3 N–H and O–H groups in total. The highest BCUT2D eigenvalue weighted by atomic mass is 19.1. The Kier molecular flexibility index (Phi) is 4.42. The van der Waals surface area contributed by atoms with Crippen LogP contribution in [0.4, 0.5) is 10.1 Å². The minimum atomic E-state index is -0.268. The van der Waals surface area contributed by atoms with Crippen LogP contribution in [0, 0.1) is 11.7 Å². The third kappa shape index (κ3) is 3.25. The van der Waals surface area contributed by atoms with Gasteiger partial charge in [0, 0.05) is 13.2 Å². The smallest absolute Gasteiger partial charge is 0.146 e. The van der Waals surface area contributed by atoms with Gasteiger partial charge < -0.3 is 15.8 Å². The van der Waals surface area contributed by atoms with Gasteiger partial charge in [-0.2, -0.15) is 0 Å². The molecule has 1 aromatic carbocycles. The number of nitrogens with two attached hydrogens (primary N) is 1. The first-order chi connectivity index (χ1) is 9.06. The van der Waals surface area contributed by atoms with Crippen LogP contribution in [0.5, 0.6) is 0 Å². The van der Waals surface area contributed by atoms with E-state index in [1.807, 2.05) is 6.07 Å². The third-order valence-corrected chi connectivity index (χ3v) is 3.91. The second-order valence-corrected chi connectivity index (χ2v) is 5.70. The Balaban J connectivity index is 2.16. The van der Waals surface area contributed by atoms with E-state index in [-0.39, 0.29) is 17.5 Å². The van der Waals surface area contributed by atoms with E-state index in [4.69, 9.17) is 10.5 Å². The van der Waals surface area contributed by atoms with E-state index in [2.05, 4.69) is 19.2 Å². The summed E-state index contributed by atoms with van der Waals surface area (Å²) in [6, 6.07) is 6.74. The number of para-hydroxylation sites is 1. The Bertz CT molecular complexity index is 424. The Morgan fingerprint density at radius 2 is 2.21 bits per heavy atom. The van der Waals surface area contributed by atoms with Crippen molar-refractivity contribution in [3.05, 3.63) is 30.1 Å². The molecule has 1 saturated heterocycles. The van der Waals surface area contributed by atoms with Crippen molar-refractivity contribution >= 4 is 5.69 Å². The molecule has 0 bridgehead atoms. The van der Waals surface area contributed by atoms with Gasteiger partial charge in [-0.05, 0) is 30.9 Å². The number of benzene rings is 1. The molecule has 0 spiro atoms. The Labute approximate surface area is 114 Å². The van der Waals surface area contributed by atoms with E-state index >= 15 is 0 Å². The Morgan fingerprint density at radius 3 is 2.84 bits per heavy atom. The molecule has 2 atom stereocenters. The third-order valence-electron chi connectivity index (χ3n) is 3.91. The summed E-state index contributed by atoms with van der Waals surface area (Å²) in [4.78, 5) is 0. The quantitative estimate of drug-likeness (QED) is 0.881. The largest absolute Gasteiger partial charge is 0.378 e. The van der Waals surface area contributed by atoms with E-state index in [1.165, 1.54) is 6.07 Å². The molecule has 0 aromatic heterocycles. The van der Waals surface area contributed by atoms with Gasteiger partial charge in [0.1, 0.15) is 5.82 Å². The van der Waals surface area contributed by atoms with Crippen LogP contribution in [0.2, 0.25) is 0 Å². The zero-order chi connectivity index (χ0) is 13.9. The van der Waals surface area contributed by atoms with E-state index < -0.39 is 0 Å². The van der Waals surface area contributed by atoms with Crippen molar-refractivity contribution in [3.8, 4) is 0 Å². The SMILES string of the molecule is CC(C)C1CC(CN)(Nc2ccccc2F)CCO1. The van der Waals surface area contributed by atoms with Crippen molar-refractivity contribution in [2.75, 3.05) is 18.5 Å². The molecule has 1 aliphatic rings. The van der Waals surface area contributed by atoms with Gasteiger partial charge >= 0.3 is 0 Å². The topological polar surface area (TPSA) is 47.3 Å². The fourth-order valence-electron chi connectivity index (χ4n) is 2.58. The maximum absolute atomic E-state index is 13.8. The molecular weight excluding hydrogens is 243 g/mol. The number of anilines is 1. The first-order valence-corrected chi connectivity index (χ1v) is 6.91. The predicted molar refractivity (Wildman–Crippen MR) is 75.6 cm³/mol. The second-order valence-electron chi connectivity index (χ2n) is 5.70. The summed E-state index contributed by atoms with van der Waals surface area (Å²) in [5.74, 6) is 0.205. The average Bonchev–Trinajstić information content (AvgIpc) is 2.42. The van der Waals surface area contributed by atoms with Gasteiger partial charge in [0.15, 0.2) is 0 Å². The van der Waals surface area contributed by atoms with Crippen LogP contribution in [0.3, 0.4) is 0 Å². The van der Waals surface area contributed by atoms with Crippen LogP contribution >= 0.6 is 0 Å². The molecular formula is C15H23FN2O. The molecule has 0 aliphatic carbocycles. The first kappa shape index (κ1) is 14.3. The molecule has 19 heavy (non-hydrogen) atoms. The molecule has 4 heteroatoms. The van der Waals surface area contributed by atoms with Gasteiger partial charge in [0.25, 0.3) is 0 Å². The molecule has 106 valence electrons. The molecule has 1 heterocycles. The summed E-state index contributed by atoms with van der Waals surface area (Å²) in [5.41, 5.74) is 6.21. The molecule has 2 unspecified atom stereocenters. The van der Waals surface area contributed by atoms with Crippen molar-refractivity contribution in [1.29, 1.82) is 0 Å². The lowest BCUT2D eigenvalue weighted by Gasteiger charge is -2.42. The lowest BCUT2D eigenvalue weighted by atomic mass is 9.83. The van der Waals surface area contributed by atoms with Crippen LogP contribution in [-0.2, 0) is 4.74 Å². The Morgan fingerprint density at radius 1 is 1.47 bits per heavy atom. The number of ether oxygens (including phenoxy) is 1. The van der Waals surface area contributed by atoms with Gasteiger partial charge in [0.05, 0.1) is 17.3 Å². The fraction of sp³-hybridized carbons (Fsp3) is 0.600. The lowest BCUT2D eigenvalue weighted by Crippen LogP contribution is -2.53. The van der Waals surface area contributed by atoms with Crippen molar-refractivity contribution in [2.45, 2.75) is 38.3 Å². The van der Waals surface area contributed by atoms with E-state index in [0.717, 1.165) is 12.8 Å². The highest BCUT2D eigenvalue weighted by molar-refractivity contribution is 5.47. The summed E-state index contributed by atoms with van der Waals surface area (Å²) in [5, 5.41) is 3.32. The van der Waals surface area contributed by atoms with Crippen molar-refractivity contribution < 1.29 is 9.13 Å². The molecule has 2 rings (SSSR count). The minimum Gasteiger partial charge on any atom is -0.378 e. The first-order valence-electron chi connectivity index (χ1n) is 6.91. The summed E-state index contributed by atoms with van der Waals surface area (Å²) < 4.78 is 19.5. The molecule has 0 radical (unpaired) electrons. The zero-order valence-corrected chi connectivity index (χ0v) is 11.7. The molecule has 1 aliphatic heterocycles. The van der Waals surface area contributed by atoms with Gasteiger partial charge in [0.2, 0.25) is 0 Å². The number of nitrogens with one attached hydrogen (secondary N) is 1. The highest BCUT2D eigenvalue weighted by Gasteiger charge is 2.37. The Hall–Kier alpha value is -1.13. The van der Waals surface area contributed by atoms with Crippen molar-refractivity contribution in [1.82, 2.24) is 0 Å². The van der Waals surface area contributed by atoms with Crippen molar-refractivity contribution in [2.24, 2.45) is 11.7 Å². The van der Waals surface area contributed by atoms with Crippen LogP contribution in [0.1, 0.15) is 26.7 Å². The van der Waals surface area contributed by atoms with Gasteiger partial charge in [-0.3, -0.25) is 0 Å². The highest BCUT2D eigenvalue weighted by Crippen LogP contribution is 2.31. The van der Waals surface area contributed by atoms with Gasteiger partial charge in [-0.1, -0.05) is 26.0 Å². The van der Waals surface area contributed by atoms with E-state index in [0.29, 0.717) is 24.8 Å². The van der Waals surface area contributed by atoms with E-state index in [1.54, 1.807) is 12.1 Å². The summed E-state index contributed by atoms with van der Waals surface area (Å²) >= 11 is 0. The maximum atomic E-state index is 13.8. The number of halogens is 1. The normalized spacial score (nSPS) is 27.5. The monoisotopic (exact) mass is 266 g/mol. The lowest BCUT2D eigenvalue weighted by molar-refractivity contribution is -0.0358. The van der Waals surface area contributed by atoms with Gasteiger partial charge in [-0.15, -0.1) is 0 Å². The zero-order valence-electron chi connectivity index (χ0n) is 11.7. The van der Waals surface area contributed by atoms with Crippen LogP contribution in [-0.4, -0.2) is 24.8 Å². The number of hydrogen-bond acceptors (Lipinski definition) is 3. The predicted octanol–water partition coefficient (Wildman–Crippen LogP) is 2.77. The summed E-state index contributed by atoms with van der Waals surface area (Å²) in [6.45, 7) is 5.43. The van der Waals surface area contributed by atoms with Crippen LogP contribution < -0.4 is 11.1 Å². The summed E-state index contributed by atoms with van der Waals surface area (Å²) in [6.07, 6.45) is 1.80. The molecule has 1 fully saturated rings. The molecule has 3 nitrogen and oxygen atoms in total. The molecule has 1 aromatic rings. The van der Waals surface area contributed by atoms with Gasteiger partial charge in [-0.25, -0.2) is 4.39 Å². The minimum absolute atomic E-state index is 0.177. The summed E-state index contributed by atoms with van der Waals surface area (Å²) in [7, 11) is 0. The van der Waals surface area contributed by atoms with Crippen molar-refractivity contribution in [3.63, 3.8) is 0 Å².